The fourth-order valence-corrected chi connectivity index (χ4v) is 3.38. The number of hydrogen-bond acceptors (Lipinski definition) is 4. The number of halogens is 1. The molecule has 0 atom stereocenters. The summed E-state index contributed by atoms with van der Waals surface area (Å²) >= 11 is 0. The maximum Gasteiger partial charge on any atom is 0.266 e. The first kappa shape index (κ1) is 16.8. The van der Waals surface area contributed by atoms with Crippen molar-refractivity contribution in [3.8, 4) is 11.3 Å². The highest BCUT2D eigenvalue weighted by Gasteiger charge is 2.18. The van der Waals surface area contributed by atoms with Gasteiger partial charge in [0.05, 0.1) is 5.69 Å². The number of nitrogens with one attached hydrogen (secondary N) is 1. The first-order valence-electron chi connectivity index (χ1n) is 7.29. The van der Waals surface area contributed by atoms with Crippen molar-refractivity contribution in [3.63, 3.8) is 0 Å². The van der Waals surface area contributed by atoms with E-state index in [2.05, 4.69) is 9.82 Å². The van der Waals surface area contributed by atoms with Crippen LogP contribution in [0.3, 0.4) is 0 Å². The van der Waals surface area contributed by atoms with Crippen LogP contribution < -0.4 is 10.3 Å². The predicted octanol–water partition coefficient (Wildman–Crippen LogP) is 2.39. The van der Waals surface area contributed by atoms with E-state index in [9.17, 15) is 17.6 Å². The fourth-order valence-electron chi connectivity index (χ4n) is 2.24. The fraction of sp³-hybridized carbons (Fsp3) is 0.0588. The molecule has 0 aliphatic heterocycles. The zero-order valence-electron chi connectivity index (χ0n) is 13.2. The topological polar surface area (TPSA) is 81.1 Å². The summed E-state index contributed by atoms with van der Waals surface area (Å²) in [7, 11) is -2.48. The Morgan fingerprint density at radius 2 is 1.68 bits per heavy atom. The molecule has 25 heavy (non-hydrogen) atoms. The number of benzene rings is 2. The first-order valence-corrected chi connectivity index (χ1v) is 8.77. The molecule has 0 bridgehead atoms. The number of rotatable bonds is 4. The van der Waals surface area contributed by atoms with E-state index in [1.807, 2.05) is 0 Å². The van der Waals surface area contributed by atoms with Gasteiger partial charge in [-0.2, -0.15) is 5.10 Å². The molecule has 0 saturated carbocycles. The lowest BCUT2D eigenvalue weighted by Gasteiger charge is -2.09. The summed E-state index contributed by atoms with van der Waals surface area (Å²) in [5, 5.41) is 4.12. The van der Waals surface area contributed by atoms with Crippen LogP contribution in [0, 0.1) is 5.82 Å². The third-order valence-electron chi connectivity index (χ3n) is 3.52. The Bertz CT molecular complexity index is 1080. The number of nitrogens with zero attached hydrogens (tertiary/aromatic N) is 2. The van der Waals surface area contributed by atoms with Crippen molar-refractivity contribution >= 4 is 15.7 Å². The van der Waals surface area contributed by atoms with Gasteiger partial charge in [-0.3, -0.25) is 9.52 Å². The van der Waals surface area contributed by atoms with Crippen LogP contribution >= 0.6 is 0 Å². The highest BCUT2D eigenvalue weighted by atomic mass is 32.2. The molecule has 1 heterocycles. The molecule has 0 spiro atoms. The Hall–Kier alpha value is -3.00. The van der Waals surface area contributed by atoms with Crippen LogP contribution in [0.1, 0.15) is 0 Å². The third kappa shape index (κ3) is 3.58. The normalized spacial score (nSPS) is 11.3. The van der Waals surface area contributed by atoms with E-state index < -0.39 is 20.7 Å². The van der Waals surface area contributed by atoms with Crippen LogP contribution in [0.2, 0.25) is 0 Å². The van der Waals surface area contributed by atoms with Crippen molar-refractivity contribution in [1.82, 2.24) is 9.78 Å². The van der Waals surface area contributed by atoms with Crippen LogP contribution in [0.4, 0.5) is 10.1 Å². The lowest BCUT2D eigenvalue weighted by atomic mass is 10.1. The van der Waals surface area contributed by atoms with E-state index >= 15 is 0 Å². The minimum absolute atomic E-state index is 0.224. The lowest BCUT2D eigenvalue weighted by Crippen LogP contribution is -2.18. The average Bonchev–Trinajstić information content (AvgIpc) is 2.58. The Balaban J connectivity index is 1.87. The summed E-state index contributed by atoms with van der Waals surface area (Å²) in [6.07, 6.45) is 0. The summed E-state index contributed by atoms with van der Waals surface area (Å²) in [6, 6.07) is 14.5. The summed E-state index contributed by atoms with van der Waals surface area (Å²) in [5.41, 5.74) is 1.35. The quantitative estimate of drug-likeness (QED) is 0.776. The Labute approximate surface area is 143 Å². The minimum atomic E-state index is -4.02. The van der Waals surface area contributed by atoms with Gasteiger partial charge in [0.1, 0.15) is 10.7 Å². The molecule has 0 unspecified atom stereocenters. The molecule has 0 aliphatic rings. The van der Waals surface area contributed by atoms with Gasteiger partial charge in [0.2, 0.25) is 0 Å². The van der Waals surface area contributed by atoms with Gasteiger partial charge in [-0.15, -0.1) is 0 Å². The second-order valence-corrected chi connectivity index (χ2v) is 6.94. The zero-order valence-corrected chi connectivity index (χ0v) is 14.0. The third-order valence-corrected chi connectivity index (χ3v) is 4.93. The van der Waals surface area contributed by atoms with Crippen LogP contribution in [0.5, 0.6) is 0 Å². The van der Waals surface area contributed by atoms with E-state index in [1.165, 1.54) is 28.9 Å². The van der Waals surface area contributed by atoms with E-state index in [0.29, 0.717) is 11.3 Å². The highest BCUT2D eigenvalue weighted by Crippen LogP contribution is 2.22. The Kier molecular flexibility index (Phi) is 4.37. The van der Waals surface area contributed by atoms with Crippen molar-refractivity contribution in [1.29, 1.82) is 0 Å². The predicted molar refractivity (Wildman–Crippen MR) is 92.1 cm³/mol. The molecular formula is C17H14FN3O3S. The molecule has 2 aromatic carbocycles. The summed E-state index contributed by atoms with van der Waals surface area (Å²) in [4.78, 5) is 11.0. The van der Waals surface area contributed by atoms with E-state index in [-0.39, 0.29) is 11.2 Å². The van der Waals surface area contributed by atoms with Crippen LogP contribution in [-0.2, 0) is 17.1 Å². The van der Waals surface area contributed by atoms with Crippen LogP contribution in [0.15, 0.2) is 70.4 Å². The number of sulfonamides is 1. The van der Waals surface area contributed by atoms with Crippen LogP contribution in [-0.4, -0.2) is 18.2 Å². The zero-order chi connectivity index (χ0) is 18.0. The molecule has 0 saturated heterocycles. The maximum atomic E-state index is 13.7. The molecule has 1 aromatic heterocycles. The van der Waals surface area contributed by atoms with Crippen molar-refractivity contribution in [3.05, 3.63) is 76.8 Å². The smallest absolute Gasteiger partial charge is 0.266 e. The number of hydrogen-bond donors (Lipinski definition) is 1. The maximum absolute atomic E-state index is 13.7. The lowest BCUT2D eigenvalue weighted by molar-refractivity contribution is 0.570. The molecule has 3 rings (SSSR count). The summed E-state index contributed by atoms with van der Waals surface area (Å²) in [5.74, 6) is -0.818. The van der Waals surface area contributed by atoms with Crippen molar-refractivity contribution in [2.75, 3.05) is 4.72 Å². The van der Waals surface area contributed by atoms with Gasteiger partial charge in [-0.25, -0.2) is 17.5 Å². The molecule has 0 aliphatic carbocycles. The first-order chi connectivity index (χ1) is 11.9. The largest absolute Gasteiger partial charge is 0.280 e. The molecule has 0 radical (unpaired) electrons. The van der Waals surface area contributed by atoms with E-state index in [0.717, 1.165) is 6.07 Å². The molecule has 6 nitrogen and oxygen atoms in total. The highest BCUT2D eigenvalue weighted by molar-refractivity contribution is 7.92. The summed E-state index contributed by atoms with van der Waals surface area (Å²) in [6.45, 7) is 0. The van der Waals surface area contributed by atoms with E-state index in [4.69, 9.17) is 0 Å². The number of aromatic nitrogens is 2. The molecule has 0 amide bonds. The molecule has 128 valence electrons. The van der Waals surface area contributed by atoms with Gasteiger partial charge in [-0.05, 0) is 30.3 Å². The average molecular weight is 359 g/mol. The molecule has 0 fully saturated rings. The monoisotopic (exact) mass is 359 g/mol. The van der Waals surface area contributed by atoms with Gasteiger partial charge >= 0.3 is 0 Å². The van der Waals surface area contributed by atoms with Gasteiger partial charge in [-0.1, -0.05) is 24.3 Å². The van der Waals surface area contributed by atoms with E-state index in [1.54, 1.807) is 37.4 Å². The van der Waals surface area contributed by atoms with Gasteiger partial charge in [0, 0.05) is 24.4 Å². The number of anilines is 1. The second kappa shape index (κ2) is 6.48. The van der Waals surface area contributed by atoms with Crippen molar-refractivity contribution in [2.45, 2.75) is 4.90 Å². The van der Waals surface area contributed by atoms with Gasteiger partial charge in [0.15, 0.2) is 0 Å². The molecule has 1 N–H and O–H groups in total. The SMILES string of the molecule is Cn1nc(-c2ccc(NS(=O)(=O)c3ccccc3F)cc2)ccc1=O. The molecule has 8 heteroatoms. The Morgan fingerprint density at radius 1 is 1.00 bits per heavy atom. The second-order valence-electron chi connectivity index (χ2n) is 5.29. The van der Waals surface area contributed by atoms with Gasteiger partial charge < -0.3 is 0 Å². The van der Waals surface area contributed by atoms with Crippen LogP contribution in [0.25, 0.3) is 11.3 Å². The summed E-state index contributed by atoms with van der Waals surface area (Å²) < 4.78 is 41.7. The standard InChI is InChI=1S/C17H14FN3O3S/c1-21-17(22)11-10-15(19-21)12-6-8-13(9-7-12)20-25(23,24)16-5-3-2-4-14(16)18/h2-11,20H,1H3. The van der Waals surface area contributed by atoms with Crippen molar-refractivity contribution < 1.29 is 12.8 Å². The molecular weight excluding hydrogens is 345 g/mol. The van der Waals surface area contributed by atoms with Gasteiger partial charge in [0.25, 0.3) is 15.6 Å². The minimum Gasteiger partial charge on any atom is -0.280 e. The number of aryl methyl sites for hydroxylation is 1. The van der Waals surface area contributed by atoms with Crippen molar-refractivity contribution in [2.24, 2.45) is 7.05 Å². The Morgan fingerprint density at radius 3 is 2.32 bits per heavy atom. The molecule has 3 aromatic rings.